The third-order valence-corrected chi connectivity index (χ3v) is 3.82. The second-order valence-corrected chi connectivity index (χ2v) is 6.06. The Morgan fingerprint density at radius 2 is 1.81 bits per heavy atom. The summed E-state index contributed by atoms with van der Waals surface area (Å²) in [6, 6.07) is 9.77. The molecule has 0 bridgehead atoms. The molecule has 9 heteroatoms. The van der Waals surface area contributed by atoms with Crippen LogP contribution in [0.5, 0.6) is 0 Å². The van der Waals surface area contributed by atoms with Gasteiger partial charge < -0.3 is 19.6 Å². The lowest BCUT2D eigenvalue weighted by Crippen LogP contribution is -2.21. The number of aromatic nitrogens is 1. The molecule has 2 rings (SSSR count). The highest BCUT2D eigenvalue weighted by Crippen LogP contribution is 2.18. The third-order valence-electron chi connectivity index (χ3n) is 3.82. The lowest BCUT2D eigenvalue weighted by molar-refractivity contribution is -0.192. The van der Waals surface area contributed by atoms with Gasteiger partial charge in [-0.2, -0.15) is 13.2 Å². The summed E-state index contributed by atoms with van der Waals surface area (Å²) < 4.78 is 36.9. The lowest BCUT2D eigenvalue weighted by Gasteiger charge is -2.19. The highest BCUT2D eigenvalue weighted by Gasteiger charge is 2.38. The maximum atomic E-state index is 10.6. The van der Waals surface area contributed by atoms with Crippen LogP contribution in [0.15, 0.2) is 34.9 Å². The molecule has 0 spiro atoms. The zero-order chi connectivity index (χ0) is 20.6. The van der Waals surface area contributed by atoms with Gasteiger partial charge in [0.2, 0.25) is 0 Å². The van der Waals surface area contributed by atoms with Crippen molar-refractivity contribution in [2.45, 2.75) is 39.1 Å². The minimum atomic E-state index is -5.08. The number of aliphatic carboxylic acids is 1. The Labute approximate surface area is 155 Å². The van der Waals surface area contributed by atoms with Crippen molar-refractivity contribution < 1.29 is 32.7 Å². The summed E-state index contributed by atoms with van der Waals surface area (Å²) in [4.78, 5) is 11.1. The summed E-state index contributed by atoms with van der Waals surface area (Å²) in [7, 11) is 2.05. The topological polar surface area (TPSA) is 86.8 Å². The average Bonchev–Trinajstić information content (AvgIpc) is 2.92. The van der Waals surface area contributed by atoms with Crippen molar-refractivity contribution in [2.75, 3.05) is 13.6 Å². The zero-order valence-electron chi connectivity index (χ0n) is 15.3. The van der Waals surface area contributed by atoms with E-state index in [-0.39, 0.29) is 0 Å². The maximum Gasteiger partial charge on any atom is 0.490 e. The molecular weight excluding hydrogens is 365 g/mol. The van der Waals surface area contributed by atoms with Gasteiger partial charge in [-0.3, -0.25) is 0 Å². The van der Waals surface area contributed by atoms with Gasteiger partial charge in [-0.1, -0.05) is 35.5 Å². The molecule has 0 aliphatic carbocycles. The first kappa shape index (κ1) is 22.7. The normalized spacial score (nSPS) is 12.4. The summed E-state index contributed by atoms with van der Waals surface area (Å²) in [5, 5.41) is 21.2. The number of carboxylic acids is 1. The number of halogens is 3. The largest absolute Gasteiger partial charge is 0.490 e. The predicted molar refractivity (Wildman–Crippen MR) is 92.0 cm³/mol. The summed E-state index contributed by atoms with van der Waals surface area (Å²) in [6.07, 6.45) is -4.78. The summed E-state index contributed by atoms with van der Waals surface area (Å²) >= 11 is 0. The predicted octanol–water partition coefficient (Wildman–Crippen LogP) is 3.48. The molecule has 0 fully saturated rings. The van der Waals surface area contributed by atoms with Crippen molar-refractivity contribution in [1.29, 1.82) is 0 Å². The third kappa shape index (κ3) is 7.79. The van der Waals surface area contributed by atoms with E-state index in [2.05, 4.69) is 10.1 Å². The number of aryl methyl sites for hydroxylation is 2. The number of aliphatic hydroxyl groups excluding tert-OH is 1. The summed E-state index contributed by atoms with van der Waals surface area (Å²) in [5.41, 5.74) is 3.05. The first-order valence-corrected chi connectivity index (χ1v) is 8.15. The number of aliphatic hydroxyl groups is 1. The molecule has 2 aromatic rings. The minimum absolute atomic E-state index is 0.414. The van der Waals surface area contributed by atoms with Crippen LogP contribution < -0.4 is 0 Å². The van der Waals surface area contributed by atoms with Gasteiger partial charge in [-0.15, -0.1) is 0 Å². The van der Waals surface area contributed by atoms with E-state index in [4.69, 9.17) is 14.4 Å². The molecule has 1 unspecified atom stereocenters. The van der Waals surface area contributed by atoms with Crippen molar-refractivity contribution in [1.82, 2.24) is 10.1 Å². The lowest BCUT2D eigenvalue weighted by atomic mass is 10.1. The first-order valence-electron chi connectivity index (χ1n) is 8.15. The summed E-state index contributed by atoms with van der Waals surface area (Å²) in [5.74, 6) is -1.88. The number of hydrogen-bond donors (Lipinski definition) is 2. The van der Waals surface area contributed by atoms with Gasteiger partial charge >= 0.3 is 12.1 Å². The van der Waals surface area contributed by atoms with Crippen LogP contribution in [0.25, 0.3) is 0 Å². The van der Waals surface area contributed by atoms with Crippen LogP contribution in [0.4, 0.5) is 13.2 Å². The van der Waals surface area contributed by atoms with E-state index < -0.39 is 18.2 Å². The molecule has 150 valence electrons. The van der Waals surface area contributed by atoms with E-state index in [1.807, 2.05) is 51.2 Å². The standard InChI is InChI=1S/C16H22N2O2.C2HF3O2/c1-12-15(13(2)20-17-12)11-18(3)10-9-16(19)14-7-5-4-6-8-14;3-2(4,5)1(6)7/h4-8,16,19H,9-11H2,1-3H3;(H,6,7). The number of alkyl halides is 3. The van der Waals surface area contributed by atoms with E-state index in [0.717, 1.165) is 35.7 Å². The molecule has 0 saturated heterocycles. The Morgan fingerprint density at radius 3 is 2.26 bits per heavy atom. The van der Waals surface area contributed by atoms with Crippen LogP contribution in [-0.2, 0) is 11.3 Å². The van der Waals surface area contributed by atoms with Gasteiger partial charge in [-0.05, 0) is 32.9 Å². The molecule has 0 aliphatic heterocycles. The molecule has 1 aromatic heterocycles. The van der Waals surface area contributed by atoms with Gasteiger partial charge in [0.1, 0.15) is 5.76 Å². The minimum Gasteiger partial charge on any atom is -0.475 e. The van der Waals surface area contributed by atoms with Crippen molar-refractivity contribution in [3.63, 3.8) is 0 Å². The molecule has 0 radical (unpaired) electrons. The van der Waals surface area contributed by atoms with Crippen molar-refractivity contribution >= 4 is 5.97 Å². The second kappa shape index (κ2) is 10.1. The Bertz CT molecular complexity index is 698. The fourth-order valence-electron chi connectivity index (χ4n) is 2.26. The maximum absolute atomic E-state index is 10.6. The number of carbonyl (C=O) groups is 1. The van der Waals surface area contributed by atoms with Gasteiger partial charge in [0.05, 0.1) is 11.8 Å². The molecule has 27 heavy (non-hydrogen) atoms. The Hall–Kier alpha value is -2.39. The monoisotopic (exact) mass is 388 g/mol. The smallest absolute Gasteiger partial charge is 0.475 e. The van der Waals surface area contributed by atoms with Gasteiger partial charge in [0.15, 0.2) is 0 Å². The van der Waals surface area contributed by atoms with Crippen molar-refractivity contribution in [3.05, 3.63) is 52.9 Å². The average molecular weight is 388 g/mol. The fraction of sp³-hybridized carbons (Fsp3) is 0.444. The van der Waals surface area contributed by atoms with Crippen LogP contribution >= 0.6 is 0 Å². The zero-order valence-corrected chi connectivity index (χ0v) is 15.3. The summed E-state index contributed by atoms with van der Waals surface area (Å²) in [6.45, 7) is 5.50. The first-order chi connectivity index (χ1) is 12.5. The van der Waals surface area contributed by atoms with E-state index in [1.54, 1.807) is 0 Å². The molecule has 0 saturated carbocycles. The van der Waals surface area contributed by atoms with Gasteiger partial charge in [0, 0.05) is 18.7 Å². The molecule has 1 atom stereocenters. The quantitative estimate of drug-likeness (QED) is 0.788. The Balaban J connectivity index is 0.000000445. The highest BCUT2D eigenvalue weighted by atomic mass is 19.4. The highest BCUT2D eigenvalue weighted by molar-refractivity contribution is 5.73. The van der Waals surface area contributed by atoms with Gasteiger partial charge in [0.25, 0.3) is 0 Å². The molecule has 1 heterocycles. The van der Waals surface area contributed by atoms with Crippen LogP contribution in [0, 0.1) is 13.8 Å². The molecule has 0 aliphatic rings. The second-order valence-electron chi connectivity index (χ2n) is 6.06. The van der Waals surface area contributed by atoms with Crippen LogP contribution in [0.3, 0.4) is 0 Å². The number of nitrogens with zero attached hydrogens (tertiary/aromatic N) is 2. The number of benzene rings is 1. The van der Waals surface area contributed by atoms with E-state index in [0.29, 0.717) is 6.42 Å². The SMILES string of the molecule is Cc1noc(C)c1CN(C)CCC(O)c1ccccc1.O=C(O)C(F)(F)F. The molecule has 2 N–H and O–H groups in total. The molecular formula is C18H23F3N2O4. The molecule has 0 amide bonds. The number of carboxylic acid groups (broad SMARTS) is 1. The number of hydrogen-bond acceptors (Lipinski definition) is 5. The Morgan fingerprint density at radius 1 is 1.26 bits per heavy atom. The Kier molecular flexibility index (Phi) is 8.45. The van der Waals surface area contributed by atoms with Crippen LogP contribution in [0.1, 0.15) is 35.1 Å². The van der Waals surface area contributed by atoms with E-state index >= 15 is 0 Å². The van der Waals surface area contributed by atoms with E-state index in [1.165, 1.54) is 0 Å². The van der Waals surface area contributed by atoms with Crippen molar-refractivity contribution in [3.8, 4) is 0 Å². The molecule has 1 aromatic carbocycles. The van der Waals surface area contributed by atoms with Crippen molar-refractivity contribution in [2.24, 2.45) is 0 Å². The van der Waals surface area contributed by atoms with Crippen LogP contribution in [0.2, 0.25) is 0 Å². The fourth-order valence-corrected chi connectivity index (χ4v) is 2.26. The van der Waals surface area contributed by atoms with Gasteiger partial charge in [-0.25, -0.2) is 4.79 Å². The van der Waals surface area contributed by atoms with Crippen LogP contribution in [-0.4, -0.2) is 46.0 Å². The number of rotatable bonds is 6. The van der Waals surface area contributed by atoms with E-state index in [9.17, 15) is 18.3 Å². The molecule has 6 nitrogen and oxygen atoms in total.